The van der Waals surface area contributed by atoms with Gasteiger partial charge in [0.1, 0.15) is 0 Å². The Morgan fingerprint density at radius 2 is 2.00 bits per heavy atom. The van der Waals surface area contributed by atoms with Gasteiger partial charge in [0.15, 0.2) is 0 Å². The zero-order valence-electron chi connectivity index (χ0n) is 12.5. The van der Waals surface area contributed by atoms with E-state index in [1.54, 1.807) is 11.1 Å². The molecule has 2 heteroatoms. The number of nitrogens with one attached hydrogen (secondary N) is 1. The fourth-order valence-corrected chi connectivity index (χ4v) is 4.38. The fraction of sp³-hybridized carbons (Fsp3) is 0.647. The first-order valence-electron chi connectivity index (χ1n) is 7.74. The molecule has 0 aromatic heterocycles. The molecule has 1 aromatic rings. The first-order chi connectivity index (χ1) is 9.28. The number of fused-ring (bicyclic) bond motifs is 1. The van der Waals surface area contributed by atoms with Crippen LogP contribution in [-0.2, 0) is 12.8 Å². The van der Waals surface area contributed by atoms with Crippen LogP contribution in [0.4, 0.5) is 0 Å². The summed E-state index contributed by atoms with van der Waals surface area (Å²) in [5.74, 6) is 0. The zero-order valence-corrected chi connectivity index (χ0v) is 13.4. The van der Waals surface area contributed by atoms with Gasteiger partial charge in [-0.2, -0.15) is 0 Å². The summed E-state index contributed by atoms with van der Waals surface area (Å²) >= 11 is 2.06. The Balaban J connectivity index is 2.05. The predicted octanol–water partition coefficient (Wildman–Crippen LogP) is 4.43. The summed E-state index contributed by atoms with van der Waals surface area (Å²) in [6, 6.07) is 7.75. The van der Waals surface area contributed by atoms with E-state index in [0.29, 0.717) is 11.3 Å². The predicted molar refractivity (Wildman–Crippen MR) is 86.2 cm³/mol. The average Bonchev–Trinajstić information content (AvgIpc) is 2.90. The summed E-state index contributed by atoms with van der Waals surface area (Å²) in [7, 11) is 2.10. The van der Waals surface area contributed by atoms with Crippen LogP contribution in [0, 0.1) is 0 Å². The molecule has 0 heterocycles. The summed E-state index contributed by atoms with van der Waals surface area (Å²) in [4.78, 5) is 1.46. The van der Waals surface area contributed by atoms with Gasteiger partial charge in [-0.05, 0) is 62.4 Å². The molecule has 0 saturated heterocycles. The topological polar surface area (TPSA) is 12.0 Å². The van der Waals surface area contributed by atoms with Crippen molar-refractivity contribution in [2.45, 2.75) is 68.6 Å². The van der Waals surface area contributed by atoms with Crippen LogP contribution in [-0.4, -0.2) is 18.3 Å². The van der Waals surface area contributed by atoms with Crippen LogP contribution in [0.1, 0.15) is 50.7 Å². The molecule has 0 saturated carbocycles. The normalized spacial score (nSPS) is 17.2. The van der Waals surface area contributed by atoms with Crippen molar-refractivity contribution < 1.29 is 0 Å². The quantitative estimate of drug-likeness (QED) is 0.740. The third-order valence-corrected chi connectivity index (χ3v) is 5.67. The number of hydrogen-bond donors (Lipinski definition) is 1. The first-order valence-corrected chi connectivity index (χ1v) is 8.62. The van der Waals surface area contributed by atoms with Crippen molar-refractivity contribution >= 4 is 11.8 Å². The third kappa shape index (κ3) is 3.76. The van der Waals surface area contributed by atoms with Crippen LogP contribution in [0.5, 0.6) is 0 Å². The van der Waals surface area contributed by atoms with Crippen LogP contribution < -0.4 is 5.32 Å². The second-order valence-corrected chi connectivity index (χ2v) is 6.85. The lowest BCUT2D eigenvalue weighted by molar-refractivity contribution is 0.490. The number of rotatable bonds is 7. The highest BCUT2D eigenvalue weighted by atomic mass is 32.2. The van der Waals surface area contributed by atoms with Crippen molar-refractivity contribution in [2.75, 3.05) is 7.05 Å². The maximum absolute atomic E-state index is 3.51. The number of benzene rings is 1. The molecule has 2 unspecified atom stereocenters. The van der Waals surface area contributed by atoms with Crippen LogP contribution in [0.3, 0.4) is 0 Å². The van der Waals surface area contributed by atoms with Crippen LogP contribution in [0.25, 0.3) is 0 Å². The van der Waals surface area contributed by atoms with Crippen molar-refractivity contribution in [3.05, 3.63) is 29.3 Å². The molecule has 0 radical (unpaired) electrons. The molecule has 0 bridgehead atoms. The lowest BCUT2D eigenvalue weighted by Crippen LogP contribution is -2.35. The maximum Gasteiger partial charge on any atom is 0.0245 e. The van der Waals surface area contributed by atoms with Crippen LogP contribution >= 0.6 is 11.8 Å². The average molecular weight is 277 g/mol. The van der Waals surface area contributed by atoms with E-state index in [-0.39, 0.29) is 0 Å². The molecule has 19 heavy (non-hydrogen) atoms. The standard InChI is InChI=1S/C17H27NS/c1-4-7-16(18-3)17(5-2)19-15-11-10-13-8-6-9-14(13)12-15/h10-12,16-18H,4-9H2,1-3H3. The van der Waals surface area contributed by atoms with E-state index in [2.05, 4.69) is 56.2 Å². The summed E-state index contributed by atoms with van der Waals surface area (Å²) in [6.45, 7) is 4.59. The smallest absolute Gasteiger partial charge is 0.0245 e. The van der Waals surface area contributed by atoms with Crippen LogP contribution in [0.15, 0.2) is 23.1 Å². The second-order valence-electron chi connectivity index (χ2n) is 5.53. The van der Waals surface area contributed by atoms with E-state index in [1.165, 1.54) is 43.4 Å². The maximum atomic E-state index is 3.51. The Kier molecular flexibility index (Phi) is 5.77. The van der Waals surface area contributed by atoms with Crippen molar-refractivity contribution in [2.24, 2.45) is 0 Å². The Labute approximate surface area is 122 Å². The van der Waals surface area contributed by atoms with E-state index in [0.717, 1.165) is 0 Å². The lowest BCUT2D eigenvalue weighted by Gasteiger charge is -2.25. The summed E-state index contributed by atoms with van der Waals surface area (Å²) in [5, 5.41) is 4.19. The van der Waals surface area contributed by atoms with Gasteiger partial charge in [-0.25, -0.2) is 0 Å². The monoisotopic (exact) mass is 277 g/mol. The Hall–Kier alpha value is -0.470. The Morgan fingerprint density at radius 3 is 2.68 bits per heavy atom. The van der Waals surface area contributed by atoms with E-state index in [1.807, 2.05) is 0 Å². The number of thioether (sulfide) groups is 1. The highest BCUT2D eigenvalue weighted by molar-refractivity contribution is 8.00. The SMILES string of the molecule is CCCC(NC)C(CC)Sc1ccc2c(c1)CCC2. The molecule has 0 spiro atoms. The molecule has 106 valence electrons. The molecular formula is C17H27NS. The second kappa shape index (κ2) is 7.35. The van der Waals surface area contributed by atoms with Gasteiger partial charge in [0, 0.05) is 16.2 Å². The van der Waals surface area contributed by atoms with Gasteiger partial charge in [-0.15, -0.1) is 11.8 Å². The highest BCUT2D eigenvalue weighted by Crippen LogP contribution is 2.32. The molecule has 1 aliphatic rings. The summed E-state index contributed by atoms with van der Waals surface area (Å²) in [5.41, 5.74) is 3.17. The van der Waals surface area contributed by atoms with Gasteiger partial charge >= 0.3 is 0 Å². The minimum atomic E-state index is 0.633. The van der Waals surface area contributed by atoms with E-state index in [9.17, 15) is 0 Å². The van der Waals surface area contributed by atoms with Crippen molar-refractivity contribution in [1.82, 2.24) is 5.32 Å². The largest absolute Gasteiger partial charge is 0.316 e. The van der Waals surface area contributed by atoms with Crippen LogP contribution in [0.2, 0.25) is 0 Å². The minimum Gasteiger partial charge on any atom is -0.316 e. The molecule has 1 nitrogen and oxygen atoms in total. The van der Waals surface area contributed by atoms with Crippen molar-refractivity contribution in [3.8, 4) is 0 Å². The number of aryl methyl sites for hydroxylation is 2. The van der Waals surface area contributed by atoms with Crippen molar-refractivity contribution in [1.29, 1.82) is 0 Å². The van der Waals surface area contributed by atoms with Gasteiger partial charge in [0.25, 0.3) is 0 Å². The minimum absolute atomic E-state index is 0.633. The van der Waals surface area contributed by atoms with E-state index in [4.69, 9.17) is 0 Å². The van der Waals surface area contributed by atoms with E-state index < -0.39 is 0 Å². The Bertz CT molecular complexity index is 402. The summed E-state index contributed by atoms with van der Waals surface area (Å²) < 4.78 is 0. The van der Waals surface area contributed by atoms with Gasteiger partial charge in [-0.3, -0.25) is 0 Å². The molecule has 1 N–H and O–H groups in total. The molecule has 1 aliphatic carbocycles. The highest BCUT2D eigenvalue weighted by Gasteiger charge is 2.19. The molecule has 1 aromatic carbocycles. The molecular weight excluding hydrogens is 250 g/mol. The van der Waals surface area contributed by atoms with Gasteiger partial charge in [0.05, 0.1) is 0 Å². The fourth-order valence-electron chi connectivity index (χ4n) is 3.07. The first kappa shape index (κ1) is 14.9. The van der Waals surface area contributed by atoms with Gasteiger partial charge in [0.2, 0.25) is 0 Å². The lowest BCUT2D eigenvalue weighted by atomic mass is 10.1. The van der Waals surface area contributed by atoms with E-state index >= 15 is 0 Å². The third-order valence-electron chi connectivity index (χ3n) is 4.18. The number of hydrogen-bond acceptors (Lipinski definition) is 2. The molecule has 0 aliphatic heterocycles. The molecule has 0 amide bonds. The van der Waals surface area contributed by atoms with Crippen molar-refractivity contribution in [3.63, 3.8) is 0 Å². The van der Waals surface area contributed by atoms with Gasteiger partial charge in [-0.1, -0.05) is 26.3 Å². The molecule has 0 fully saturated rings. The molecule has 2 rings (SSSR count). The van der Waals surface area contributed by atoms with Gasteiger partial charge < -0.3 is 5.32 Å². The Morgan fingerprint density at radius 1 is 1.21 bits per heavy atom. The zero-order chi connectivity index (χ0) is 13.7. The summed E-state index contributed by atoms with van der Waals surface area (Å²) in [6.07, 6.45) is 7.67. The molecule has 2 atom stereocenters.